The third-order valence-electron chi connectivity index (χ3n) is 3.47. The van der Waals surface area contributed by atoms with Gasteiger partial charge in [-0.25, -0.2) is 0 Å². The highest BCUT2D eigenvalue weighted by atomic mass is 79.9. The molecule has 1 aliphatic rings. The van der Waals surface area contributed by atoms with E-state index in [0.29, 0.717) is 18.8 Å². The van der Waals surface area contributed by atoms with Gasteiger partial charge in [0.1, 0.15) is 5.69 Å². The van der Waals surface area contributed by atoms with Gasteiger partial charge in [-0.15, -0.1) is 0 Å². The molecule has 0 aliphatic carbocycles. The van der Waals surface area contributed by atoms with E-state index < -0.39 is 0 Å². The van der Waals surface area contributed by atoms with Crippen LogP contribution in [0.25, 0.3) is 0 Å². The Morgan fingerprint density at radius 2 is 2.15 bits per heavy atom. The minimum absolute atomic E-state index is 0.0252. The molecule has 1 N–H and O–H groups in total. The fourth-order valence-corrected chi connectivity index (χ4v) is 2.99. The van der Waals surface area contributed by atoms with Gasteiger partial charge in [-0.1, -0.05) is 0 Å². The van der Waals surface area contributed by atoms with Crippen molar-refractivity contribution in [1.29, 1.82) is 0 Å². The average Bonchev–Trinajstić information content (AvgIpc) is 2.94. The molecular formula is C14H20BrN3O2. The molecule has 1 unspecified atom stereocenters. The molecule has 1 atom stereocenters. The highest BCUT2D eigenvalue weighted by Gasteiger charge is 2.29. The van der Waals surface area contributed by atoms with Crippen molar-refractivity contribution >= 4 is 27.7 Å². The first kappa shape index (κ1) is 15.1. The molecule has 1 fully saturated rings. The Morgan fingerprint density at radius 3 is 2.75 bits per heavy atom. The maximum atomic E-state index is 12.6. The van der Waals surface area contributed by atoms with Crippen molar-refractivity contribution in [3.8, 4) is 0 Å². The Balaban J connectivity index is 2.11. The van der Waals surface area contributed by atoms with Crippen LogP contribution in [-0.2, 0) is 4.79 Å². The van der Waals surface area contributed by atoms with Crippen LogP contribution < -0.4 is 5.32 Å². The third-order valence-corrected chi connectivity index (χ3v) is 3.91. The molecule has 0 saturated carbocycles. The topological polar surface area (TPSA) is 54.3 Å². The number of hydrogen-bond acceptors (Lipinski definition) is 2. The fourth-order valence-electron chi connectivity index (χ4n) is 2.56. The van der Waals surface area contributed by atoms with Crippen molar-refractivity contribution in [1.82, 2.24) is 14.8 Å². The number of rotatable bonds is 3. The molecule has 1 saturated heterocycles. The standard InChI is InChI=1S/C14H20BrN3O2/c1-9(2)18-7-11(15)6-13(18)14(20)17-5-4-12(8-17)16-10(3)19/h6-7,9,12H,4-5,8H2,1-3H3,(H,16,19). The highest BCUT2D eigenvalue weighted by Crippen LogP contribution is 2.22. The summed E-state index contributed by atoms with van der Waals surface area (Å²) in [5, 5.41) is 2.87. The van der Waals surface area contributed by atoms with Crippen LogP contribution in [0.4, 0.5) is 0 Å². The first-order chi connectivity index (χ1) is 9.38. The summed E-state index contributed by atoms with van der Waals surface area (Å²) >= 11 is 3.42. The van der Waals surface area contributed by atoms with Gasteiger partial charge in [-0.2, -0.15) is 0 Å². The van der Waals surface area contributed by atoms with E-state index in [4.69, 9.17) is 0 Å². The van der Waals surface area contributed by atoms with Crippen LogP contribution >= 0.6 is 15.9 Å². The van der Waals surface area contributed by atoms with Crippen LogP contribution in [0.3, 0.4) is 0 Å². The number of amides is 2. The second kappa shape index (κ2) is 5.99. The van der Waals surface area contributed by atoms with Crippen LogP contribution in [0.2, 0.25) is 0 Å². The van der Waals surface area contributed by atoms with Crippen LogP contribution in [0, 0.1) is 0 Å². The van der Waals surface area contributed by atoms with Gasteiger partial charge in [0.15, 0.2) is 0 Å². The minimum atomic E-state index is -0.0439. The lowest BCUT2D eigenvalue weighted by atomic mass is 10.2. The number of carbonyl (C=O) groups excluding carboxylic acids is 2. The number of aromatic nitrogens is 1. The monoisotopic (exact) mass is 341 g/mol. The Kier molecular flexibility index (Phi) is 4.52. The van der Waals surface area contributed by atoms with E-state index in [9.17, 15) is 9.59 Å². The van der Waals surface area contributed by atoms with Crippen LogP contribution in [0.1, 0.15) is 43.7 Å². The van der Waals surface area contributed by atoms with Gasteiger partial charge in [0, 0.05) is 42.8 Å². The molecular weight excluding hydrogens is 322 g/mol. The van der Waals surface area contributed by atoms with Crippen LogP contribution in [-0.4, -0.2) is 40.4 Å². The van der Waals surface area contributed by atoms with Gasteiger partial charge in [0.05, 0.1) is 0 Å². The van der Waals surface area contributed by atoms with E-state index in [0.717, 1.165) is 10.9 Å². The van der Waals surface area contributed by atoms with Crippen molar-refractivity contribution in [2.75, 3.05) is 13.1 Å². The molecule has 0 aromatic carbocycles. The Bertz CT molecular complexity index is 524. The summed E-state index contributed by atoms with van der Waals surface area (Å²) in [5.41, 5.74) is 0.690. The van der Waals surface area contributed by atoms with E-state index in [2.05, 4.69) is 21.2 Å². The molecule has 6 heteroatoms. The molecule has 1 aromatic rings. The lowest BCUT2D eigenvalue weighted by molar-refractivity contribution is -0.119. The van der Waals surface area contributed by atoms with E-state index in [1.165, 1.54) is 6.92 Å². The van der Waals surface area contributed by atoms with E-state index in [1.807, 2.05) is 30.7 Å². The Morgan fingerprint density at radius 1 is 1.45 bits per heavy atom. The highest BCUT2D eigenvalue weighted by molar-refractivity contribution is 9.10. The van der Waals surface area contributed by atoms with E-state index >= 15 is 0 Å². The van der Waals surface area contributed by atoms with Crippen molar-refractivity contribution in [3.63, 3.8) is 0 Å². The molecule has 20 heavy (non-hydrogen) atoms. The SMILES string of the molecule is CC(=O)NC1CCN(C(=O)c2cc(Br)cn2C(C)C)C1. The van der Waals surface area contributed by atoms with Gasteiger partial charge in [0.25, 0.3) is 5.91 Å². The van der Waals surface area contributed by atoms with Crippen molar-refractivity contribution in [3.05, 3.63) is 22.4 Å². The summed E-state index contributed by atoms with van der Waals surface area (Å²) in [4.78, 5) is 25.5. The summed E-state index contributed by atoms with van der Waals surface area (Å²) in [6, 6.07) is 2.16. The molecule has 0 spiro atoms. The molecule has 0 radical (unpaired) electrons. The maximum absolute atomic E-state index is 12.6. The zero-order valence-corrected chi connectivity index (χ0v) is 13.6. The molecule has 2 heterocycles. The van der Waals surface area contributed by atoms with Crippen molar-refractivity contribution in [2.24, 2.45) is 0 Å². The molecule has 2 amide bonds. The summed E-state index contributed by atoms with van der Waals surface area (Å²) in [6.07, 6.45) is 2.74. The second-order valence-electron chi connectivity index (χ2n) is 5.48. The number of hydrogen-bond donors (Lipinski definition) is 1. The summed E-state index contributed by atoms with van der Waals surface area (Å²) in [7, 11) is 0. The average molecular weight is 342 g/mol. The van der Waals surface area contributed by atoms with Crippen molar-refractivity contribution < 1.29 is 9.59 Å². The number of nitrogens with one attached hydrogen (secondary N) is 1. The van der Waals surface area contributed by atoms with Gasteiger partial charge in [-0.3, -0.25) is 9.59 Å². The normalized spacial score (nSPS) is 18.6. The lowest BCUT2D eigenvalue weighted by Crippen LogP contribution is -2.37. The lowest BCUT2D eigenvalue weighted by Gasteiger charge is -2.19. The smallest absolute Gasteiger partial charge is 0.270 e. The van der Waals surface area contributed by atoms with Crippen LogP contribution in [0.15, 0.2) is 16.7 Å². The zero-order chi connectivity index (χ0) is 14.9. The molecule has 2 rings (SSSR count). The second-order valence-corrected chi connectivity index (χ2v) is 6.40. The molecule has 1 aliphatic heterocycles. The van der Waals surface area contributed by atoms with E-state index in [-0.39, 0.29) is 23.9 Å². The van der Waals surface area contributed by atoms with Crippen molar-refractivity contribution in [2.45, 2.75) is 39.3 Å². The Labute approximate surface area is 127 Å². The predicted octanol–water partition coefficient (Wildman–Crippen LogP) is 2.18. The summed E-state index contributed by atoms with van der Waals surface area (Å²) < 4.78 is 2.88. The first-order valence-corrected chi connectivity index (χ1v) is 7.61. The molecule has 5 nitrogen and oxygen atoms in total. The quantitative estimate of drug-likeness (QED) is 0.916. The number of nitrogens with zero attached hydrogens (tertiary/aromatic N) is 2. The zero-order valence-electron chi connectivity index (χ0n) is 12.0. The largest absolute Gasteiger partial charge is 0.352 e. The molecule has 0 bridgehead atoms. The van der Waals surface area contributed by atoms with Gasteiger partial charge >= 0.3 is 0 Å². The number of carbonyl (C=O) groups is 2. The third kappa shape index (κ3) is 3.23. The predicted molar refractivity (Wildman–Crippen MR) is 80.6 cm³/mol. The number of likely N-dealkylation sites (tertiary alicyclic amines) is 1. The summed E-state index contributed by atoms with van der Waals surface area (Å²) in [6.45, 7) is 6.87. The first-order valence-electron chi connectivity index (χ1n) is 6.82. The molecule has 110 valence electrons. The molecule has 1 aromatic heterocycles. The van der Waals surface area contributed by atoms with Crippen LogP contribution in [0.5, 0.6) is 0 Å². The fraction of sp³-hybridized carbons (Fsp3) is 0.571. The van der Waals surface area contributed by atoms with Gasteiger partial charge in [0.2, 0.25) is 5.91 Å². The Hall–Kier alpha value is -1.30. The number of halogens is 1. The minimum Gasteiger partial charge on any atom is -0.352 e. The van der Waals surface area contributed by atoms with Gasteiger partial charge in [-0.05, 0) is 42.3 Å². The van der Waals surface area contributed by atoms with Gasteiger partial charge < -0.3 is 14.8 Å². The van der Waals surface area contributed by atoms with E-state index in [1.54, 1.807) is 4.90 Å². The summed E-state index contributed by atoms with van der Waals surface area (Å²) in [5.74, 6) is -0.0187. The maximum Gasteiger partial charge on any atom is 0.270 e.